The Bertz CT molecular complexity index is 1040. The summed E-state index contributed by atoms with van der Waals surface area (Å²) in [7, 11) is -2.89. The number of fused-ring (bicyclic) bond motifs is 2. The van der Waals surface area contributed by atoms with E-state index < -0.39 is 51.3 Å². The molecule has 0 aromatic carbocycles. The van der Waals surface area contributed by atoms with Crippen LogP contribution in [0.2, 0.25) is 0 Å². The van der Waals surface area contributed by atoms with Crippen molar-refractivity contribution in [2.24, 2.45) is 5.92 Å². The number of hydrogen-bond acceptors (Lipinski definition) is 7. The highest BCUT2D eigenvalue weighted by Crippen LogP contribution is 2.45. The van der Waals surface area contributed by atoms with Crippen molar-refractivity contribution in [2.45, 2.75) is 95.4 Å². The number of allylic oxidation sites excluding steroid dienone is 1. The van der Waals surface area contributed by atoms with Gasteiger partial charge >= 0.3 is 16.3 Å². The zero-order valence-corrected chi connectivity index (χ0v) is 22.8. The highest BCUT2D eigenvalue weighted by atomic mass is 32.2. The van der Waals surface area contributed by atoms with Gasteiger partial charge in [0.25, 0.3) is 5.91 Å². The summed E-state index contributed by atoms with van der Waals surface area (Å²) in [5.74, 6) is -2.08. The highest BCUT2D eigenvalue weighted by Gasteiger charge is 2.61. The monoisotopic (exact) mass is 541 g/mol. The third-order valence-corrected chi connectivity index (χ3v) is 7.81. The van der Waals surface area contributed by atoms with Gasteiger partial charge in [0.05, 0.1) is 0 Å². The molecule has 1 saturated heterocycles. The van der Waals surface area contributed by atoms with E-state index in [0.717, 1.165) is 19.3 Å². The Kier molecular flexibility index (Phi) is 8.89. The summed E-state index contributed by atoms with van der Waals surface area (Å²) >= 11 is 0. The molecule has 2 heterocycles. The van der Waals surface area contributed by atoms with Gasteiger partial charge in [-0.2, -0.15) is 8.42 Å². The summed E-state index contributed by atoms with van der Waals surface area (Å²) in [6.45, 7) is 5.54. The minimum absolute atomic E-state index is 0.254. The van der Waals surface area contributed by atoms with Gasteiger partial charge in [-0.3, -0.25) is 14.4 Å². The molecular formula is C24H39N5O7S. The molecule has 4 amide bonds. The van der Waals surface area contributed by atoms with Gasteiger partial charge in [0, 0.05) is 19.5 Å². The number of amides is 4. The fourth-order valence-electron chi connectivity index (χ4n) is 4.81. The van der Waals surface area contributed by atoms with E-state index in [0.29, 0.717) is 32.2 Å². The van der Waals surface area contributed by atoms with Crippen molar-refractivity contribution < 1.29 is 32.3 Å². The molecule has 208 valence electrons. The van der Waals surface area contributed by atoms with Crippen molar-refractivity contribution in [3.8, 4) is 0 Å². The second-order valence-electron chi connectivity index (χ2n) is 10.9. The lowest BCUT2D eigenvalue weighted by Gasteiger charge is -2.30. The van der Waals surface area contributed by atoms with E-state index >= 15 is 0 Å². The average Bonchev–Trinajstić information content (AvgIpc) is 3.25. The molecule has 3 aliphatic rings. The topological polar surface area (TPSA) is 163 Å². The lowest BCUT2D eigenvalue weighted by Crippen LogP contribution is -2.58. The van der Waals surface area contributed by atoms with Gasteiger partial charge in [-0.1, -0.05) is 25.0 Å². The zero-order valence-electron chi connectivity index (χ0n) is 22.0. The van der Waals surface area contributed by atoms with Gasteiger partial charge in [-0.05, 0) is 59.3 Å². The molecule has 0 spiro atoms. The number of carbonyl (C=O) groups is 4. The molecule has 4 N–H and O–H groups in total. The molecule has 4 atom stereocenters. The van der Waals surface area contributed by atoms with Crippen LogP contribution in [0, 0.1) is 5.92 Å². The molecule has 13 heteroatoms. The smallest absolute Gasteiger partial charge is 0.408 e. The van der Waals surface area contributed by atoms with Crippen LogP contribution in [0.5, 0.6) is 0 Å². The van der Waals surface area contributed by atoms with Crippen molar-refractivity contribution in [1.29, 1.82) is 0 Å². The van der Waals surface area contributed by atoms with E-state index in [1.54, 1.807) is 20.8 Å². The molecule has 1 saturated carbocycles. The third-order valence-electron chi connectivity index (χ3n) is 6.82. The SMILES string of the molecule is CNS(=O)(=O)NC(=O)[C@@]12C[C@H]1/C=C\CCCCC[C@H](NC(=O)OC(C)(C)C)C(=O)N1CCC[C@H]1C(=O)N2. The van der Waals surface area contributed by atoms with Gasteiger partial charge in [0.1, 0.15) is 23.2 Å². The van der Waals surface area contributed by atoms with Crippen molar-refractivity contribution in [1.82, 2.24) is 25.0 Å². The van der Waals surface area contributed by atoms with Crippen molar-refractivity contribution in [3.63, 3.8) is 0 Å². The molecule has 37 heavy (non-hydrogen) atoms. The third kappa shape index (κ3) is 7.44. The quantitative estimate of drug-likeness (QED) is 0.383. The lowest BCUT2D eigenvalue weighted by molar-refractivity contribution is -0.141. The van der Waals surface area contributed by atoms with Gasteiger partial charge in [0.2, 0.25) is 11.8 Å². The van der Waals surface area contributed by atoms with E-state index in [1.807, 2.05) is 21.6 Å². The Morgan fingerprint density at radius 2 is 1.86 bits per heavy atom. The first-order chi connectivity index (χ1) is 17.3. The van der Waals surface area contributed by atoms with Crippen LogP contribution in [0.25, 0.3) is 0 Å². The number of hydrogen-bond donors (Lipinski definition) is 4. The summed E-state index contributed by atoms with van der Waals surface area (Å²) in [4.78, 5) is 53.8. The molecule has 0 aromatic rings. The normalized spacial score (nSPS) is 30.1. The molecule has 12 nitrogen and oxygen atoms in total. The molecule has 0 bridgehead atoms. The van der Waals surface area contributed by atoms with Crippen LogP contribution in [0.15, 0.2) is 12.2 Å². The maximum Gasteiger partial charge on any atom is 0.408 e. The molecule has 2 fully saturated rings. The Morgan fingerprint density at radius 1 is 1.14 bits per heavy atom. The van der Waals surface area contributed by atoms with Crippen LogP contribution in [-0.2, 0) is 29.3 Å². The highest BCUT2D eigenvalue weighted by molar-refractivity contribution is 7.88. The fourth-order valence-corrected chi connectivity index (χ4v) is 5.34. The van der Waals surface area contributed by atoms with Crippen LogP contribution >= 0.6 is 0 Å². The van der Waals surface area contributed by atoms with Gasteiger partial charge in [-0.15, -0.1) is 0 Å². The zero-order chi connectivity index (χ0) is 27.4. The van der Waals surface area contributed by atoms with E-state index in [2.05, 4.69) is 10.6 Å². The summed E-state index contributed by atoms with van der Waals surface area (Å²) in [6.07, 6.45) is 7.79. The van der Waals surface area contributed by atoms with Gasteiger partial charge in [0.15, 0.2) is 0 Å². The Morgan fingerprint density at radius 3 is 2.54 bits per heavy atom. The molecule has 2 aliphatic heterocycles. The number of carbonyl (C=O) groups excluding carboxylic acids is 4. The van der Waals surface area contributed by atoms with E-state index in [4.69, 9.17) is 4.74 Å². The Balaban J connectivity index is 1.84. The predicted molar refractivity (Wildman–Crippen MR) is 135 cm³/mol. The predicted octanol–water partition coefficient (Wildman–Crippen LogP) is 0.846. The van der Waals surface area contributed by atoms with Crippen molar-refractivity contribution >= 4 is 34.0 Å². The van der Waals surface area contributed by atoms with Crippen LogP contribution in [0.4, 0.5) is 4.79 Å². The average molecular weight is 542 g/mol. The second-order valence-corrected chi connectivity index (χ2v) is 12.5. The standard InChI is InChI=1S/C24H39N5O7S/c1-23(2,3)36-22(33)26-17-12-9-7-5-6-8-11-16-15-24(16,21(32)28-37(34,35)25-4)27-19(30)18-13-10-14-29(18)20(17)31/h8,11,16-18,25H,5-7,9-10,12-15H2,1-4H3,(H,26,33)(H,27,30)(H,28,32)/b11-8-/t16-,17+,18+,24-/m1/s1. The maximum atomic E-state index is 13.5. The first kappa shape index (κ1) is 28.9. The van der Waals surface area contributed by atoms with Crippen LogP contribution in [0.3, 0.4) is 0 Å². The van der Waals surface area contributed by atoms with Crippen LogP contribution in [0.1, 0.15) is 72.1 Å². The first-order valence-corrected chi connectivity index (χ1v) is 14.3. The minimum Gasteiger partial charge on any atom is -0.444 e. The number of nitrogens with one attached hydrogen (secondary N) is 4. The summed E-state index contributed by atoms with van der Waals surface area (Å²) < 4.78 is 33.3. The first-order valence-electron chi connectivity index (χ1n) is 12.8. The molecule has 0 unspecified atom stereocenters. The minimum atomic E-state index is -4.06. The summed E-state index contributed by atoms with van der Waals surface area (Å²) in [6, 6.07) is -1.69. The summed E-state index contributed by atoms with van der Waals surface area (Å²) in [5.41, 5.74) is -2.14. The Labute approximate surface area is 218 Å². The molecular weight excluding hydrogens is 502 g/mol. The van der Waals surface area contributed by atoms with E-state index in [-0.39, 0.29) is 18.2 Å². The van der Waals surface area contributed by atoms with E-state index in [1.165, 1.54) is 11.9 Å². The van der Waals surface area contributed by atoms with Crippen LogP contribution in [-0.4, -0.2) is 73.9 Å². The largest absolute Gasteiger partial charge is 0.444 e. The van der Waals surface area contributed by atoms with Gasteiger partial charge < -0.3 is 20.3 Å². The van der Waals surface area contributed by atoms with Crippen molar-refractivity contribution in [2.75, 3.05) is 13.6 Å². The number of alkyl carbamates (subject to hydrolysis) is 1. The van der Waals surface area contributed by atoms with Crippen LogP contribution < -0.4 is 20.1 Å². The van der Waals surface area contributed by atoms with Gasteiger partial charge in [-0.25, -0.2) is 14.2 Å². The van der Waals surface area contributed by atoms with E-state index in [9.17, 15) is 27.6 Å². The number of ether oxygens (including phenoxy) is 1. The molecule has 0 radical (unpaired) electrons. The maximum absolute atomic E-state index is 13.5. The molecule has 0 aromatic heterocycles. The summed E-state index contributed by atoms with van der Waals surface area (Å²) in [5, 5.41) is 5.45. The number of nitrogens with zero attached hydrogens (tertiary/aromatic N) is 1. The Hall–Kier alpha value is -2.67. The fraction of sp³-hybridized carbons (Fsp3) is 0.750. The second kappa shape index (κ2) is 11.4. The lowest BCUT2D eigenvalue weighted by atomic mass is 10.0. The molecule has 1 aliphatic carbocycles. The number of rotatable bonds is 4. The molecule has 3 rings (SSSR count). The van der Waals surface area contributed by atoms with Crippen molar-refractivity contribution in [3.05, 3.63) is 12.2 Å².